The first-order valence-corrected chi connectivity index (χ1v) is 6.31. The van der Waals surface area contributed by atoms with Crippen LogP contribution in [-0.4, -0.2) is 29.0 Å². The molecule has 1 N–H and O–H groups in total. The molecule has 0 aliphatic carbocycles. The molecule has 1 aromatic heterocycles. The number of ether oxygens (including phenoxy) is 1. The molecule has 0 saturated carbocycles. The molecule has 1 unspecified atom stereocenters. The van der Waals surface area contributed by atoms with Gasteiger partial charge in [-0.25, -0.2) is 0 Å². The number of nitrogens with zero attached hydrogens (tertiary/aromatic N) is 2. The van der Waals surface area contributed by atoms with Crippen LogP contribution < -0.4 is 5.32 Å². The minimum atomic E-state index is 0.430. The Balaban J connectivity index is 1.62. The van der Waals surface area contributed by atoms with Crippen LogP contribution >= 0.6 is 0 Å². The van der Waals surface area contributed by atoms with Crippen LogP contribution in [0.2, 0.25) is 0 Å². The molecule has 1 atom stereocenters. The fourth-order valence-electron chi connectivity index (χ4n) is 2.18. The number of hydrogen-bond donors (Lipinski definition) is 1. The van der Waals surface area contributed by atoms with Gasteiger partial charge in [-0.1, -0.05) is 30.3 Å². The van der Waals surface area contributed by atoms with Crippen molar-refractivity contribution < 1.29 is 4.74 Å². The second-order valence-electron chi connectivity index (χ2n) is 4.62. The second-order valence-corrected chi connectivity index (χ2v) is 4.62. The van der Waals surface area contributed by atoms with E-state index < -0.39 is 0 Å². The molecule has 94 valence electrons. The van der Waals surface area contributed by atoms with E-state index in [1.54, 1.807) is 0 Å². The Hall–Kier alpha value is -1.81. The Morgan fingerprint density at radius 1 is 1.33 bits per heavy atom. The number of aromatic nitrogens is 2. The van der Waals surface area contributed by atoms with Crippen LogP contribution in [0.4, 0.5) is 5.69 Å². The van der Waals surface area contributed by atoms with Crippen molar-refractivity contribution >= 4 is 5.69 Å². The van der Waals surface area contributed by atoms with Crippen LogP contribution in [0.1, 0.15) is 12.0 Å². The van der Waals surface area contributed by atoms with E-state index in [1.807, 2.05) is 35.3 Å². The van der Waals surface area contributed by atoms with Crippen molar-refractivity contribution in [1.82, 2.24) is 9.78 Å². The average molecular weight is 243 g/mol. The first-order valence-electron chi connectivity index (χ1n) is 6.31. The second kappa shape index (κ2) is 5.23. The topological polar surface area (TPSA) is 39.1 Å². The lowest BCUT2D eigenvalue weighted by atomic mass is 10.2. The number of hydrogen-bond acceptors (Lipinski definition) is 3. The van der Waals surface area contributed by atoms with E-state index in [1.165, 1.54) is 5.56 Å². The largest absolute Gasteiger partial charge is 0.379 e. The molecule has 0 radical (unpaired) electrons. The van der Waals surface area contributed by atoms with E-state index in [-0.39, 0.29) is 0 Å². The lowest BCUT2D eigenvalue weighted by molar-refractivity contribution is 0.195. The smallest absolute Gasteiger partial charge is 0.0729 e. The molecular formula is C14H17N3O. The maximum atomic E-state index is 5.34. The third-order valence-electron chi connectivity index (χ3n) is 3.12. The van der Waals surface area contributed by atoms with Crippen molar-refractivity contribution in [2.75, 3.05) is 18.5 Å². The maximum Gasteiger partial charge on any atom is 0.0729 e. The highest BCUT2D eigenvalue weighted by molar-refractivity contribution is 5.39. The quantitative estimate of drug-likeness (QED) is 0.894. The van der Waals surface area contributed by atoms with Gasteiger partial charge in [-0.3, -0.25) is 4.68 Å². The monoisotopic (exact) mass is 243 g/mol. The summed E-state index contributed by atoms with van der Waals surface area (Å²) in [7, 11) is 0. The van der Waals surface area contributed by atoms with Crippen LogP contribution in [0.15, 0.2) is 42.7 Å². The summed E-state index contributed by atoms with van der Waals surface area (Å²) in [4.78, 5) is 0. The fraction of sp³-hybridized carbons (Fsp3) is 0.357. The van der Waals surface area contributed by atoms with E-state index in [2.05, 4.69) is 22.5 Å². The van der Waals surface area contributed by atoms with Crippen molar-refractivity contribution in [2.24, 2.45) is 0 Å². The van der Waals surface area contributed by atoms with Crippen molar-refractivity contribution in [1.29, 1.82) is 0 Å². The van der Waals surface area contributed by atoms with Crippen LogP contribution in [-0.2, 0) is 11.3 Å². The van der Waals surface area contributed by atoms with Gasteiger partial charge in [0.05, 0.1) is 31.1 Å². The molecule has 0 amide bonds. The molecule has 0 bridgehead atoms. The zero-order chi connectivity index (χ0) is 12.2. The lowest BCUT2D eigenvalue weighted by Crippen LogP contribution is -2.18. The molecule has 2 aromatic rings. The minimum absolute atomic E-state index is 0.430. The van der Waals surface area contributed by atoms with E-state index in [0.717, 1.165) is 31.9 Å². The summed E-state index contributed by atoms with van der Waals surface area (Å²) in [6.45, 7) is 2.46. The third-order valence-corrected chi connectivity index (χ3v) is 3.12. The molecule has 3 rings (SSSR count). The summed E-state index contributed by atoms with van der Waals surface area (Å²) in [5, 5.41) is 7.81. The molecule has 18 heavy (non-hydrogen) atoms. The maximum absolute atomic E-state index is 5.34. The molecule has 1 saturated heterocycles. The third kappa shape index (κ3) is 2.71. The summed E-state index contributed by atoms with van der Waals surface area (Å²) in [5.41, 5.74) is 2.33. The number of benzene rings is 1. The zero-order valence-electron chi connectivity index (χ0n) is 10.2. The highest BCUT2D eigenvalue weighted by Gasteiger charge is 2.15. The Morgan fingerprint density at radius 2 is 2.22 bits per heavy atom. The fourth-order valence-corrected chi connectivity index (χ4v) is 2.18. The van der Waals surface area contributed by atoms with Crippen molar-refractivity contribution in [3.8, 4) is 0 Å². The van der Waals surface area contributed by atoms with Gasteiger partial charge in [-0.05, 0) is 12.0 Å². The van der Waals surface area contributed by atoms with Gasteiger partial charge < -0.3 is 10.1 Å². The summed E-state index contributed by atoms with van der Waals surface area (Å²) in [5.74, 6) is 0. The molecule has 2 heterocycles. The molecule has 4 heteroatoms. The van der Waals surface area contributed by atoms with Crippen molar-refractivity contribution in [3.63, 3.8) is 0 Å². The van der Waals surface area contributed by atoms with Crippen molar-refractivity contribution in [2.45, 2.75) is 19.0 Å². The first kappa shape index (κ1) is 11.3. The normalized spacial score (nSPS) is 19.0. The molecular weight excluding hydrogens is 226 g/mol. The molecule has 1 aliphatic rings. The van der Waals surface area contributed by atoms with E-state index in [0.29, 0.717) is 6.04 Å². The predicted octanol–water partition coefficient (Wildman–Crippen LogP) is 2.13. The Morgan fingerprint density at radius 3 is 3.00 bits per heavy atom. The number of nitrogens with one attached hydrogen (secondary N) is 1. The summed E-state index contributed by atoms with van der Waals surface area (Å²) in [6.07, 6.45) is 5.00. The Bertz CT molecular complexity index is 489. The van der Waals surface area contributed by atoms with Gasteiger partial charge in [0.25, 0.3) is 0 Å². The summed E-state index contributed by atoms with van der Waals surface area (Å²) < 4.78 is 7.29. The Kier molecular flexibility index (Phi) is 3.28. The van der Waals surface area contributed by atoms with Gasteiger partial charge in [-0.15, -0.1) is 0 Å². The molecule has 0 spiro atoms. The summed E-state index contributed by atoms with van der Waals surface area (Å²) in [6, 6.07) is 10.8. The van der Waals surface area contributed by atoms with Gasteiger partial charge >= 0.3 is 0 Å². The minimum Gasteiger partial charge on any atom is -0.379 e. The first-order chi connectivity index (χ1) is 8.90. The van der Waals surface area contributed by atoms with Crippen molar-refractivity contribution in [3.05, 3.63) is 48.3 Å². The highest BCUT2D eigenvalue weighted by atomic mass is 16.5. The highest BCUT2D eigenvalue weighted by Crippen LogP contribution is 2.13. The molecule has 1 aliphatic heterocycles. The van der Waals surface area contributed by atoms with Gasteiger partial charge in [0.15, 0.2) is 0 Å². The molecule has 1 aromatic carbocycles. The van der Waals surface area contributed by atoms with E-state index in [9.17, 15) is 0 Å². The number of anilines is 1. The number of rotatable bonds is 4. The van der Waals surface area contributed by atoms with Gasteiger partial charge in [0, 0.05) is 12.8 Å². The zero-order valence-corrected chi connectivity index (χ0v) is 10.2. The SMILES string of the molecule is c1ccc(Cn2cc(NC3CCOC3)cn2)cc1. The summed E-state index contributed by atoms with van der Waals surface area (Å²) >= 11 is 0. The standard InChI is InChI=1S/C14H17N3O/c1-2-4-12(5-3-1)9-17-10-14(8-15-17)16-13-6-7-18-11-13/h1-5,8,10,13,16H,6-7,9,11H2. The average Bonchev–Trinajstić information content (AvgIpc) is 3.03. The molecule has 4 nitrogen and oxygen atoms in total. The molecule has 1 fully saturated rings. The van der Waals surface area contributed by atoms with E-state index in [4.69, 9.17) is 4.74 Å². The van der Waals surface area contributed by atoms with Crippen LogP contribution in [0, 0.1) is 0 Å². The van der Waals surface area contributed by atoms with Crippen LogP contribution in [0.25, 0.3) is 0 Å². The van der Waals surface area contributed by atoms with Gasteiger partial charge in [0.2, 0.25) is 0 Å². The van der Waals surface area contributed by atoms with Crippen LogP contribution in [0.3, 0.4) is 0 Å². The van der Waals surface area contributed by atoms with Gasteiger partial charge in [-0.2, -0.15) is 5.10 Å². The van der Waals surface area contributed by atoms with E-state index >= 15 is 0 Å². The predicted molar refractivity (Wildman–Crippen MR) is 70.6 cm³/mol. The van der Waals surface area contributed by atoms with Crippen LogP contribution in [0.5, 0.6) is 0 Å². The Labute approximate surface area is 107 Å². The van der Waals surface area contributed by atoms with Gasteiger partial charge in [0.1, 0.15) is 0 Å². The lowest BCUT2D eigenvalue weighted by Gasteiger charge is -2.08.